The molecule has 1 heterocycles. The number of rotatable bonds is 2. The van der Waals surface area contributed by atoms with Crippen molar-refractivity contribution >= 4 is 5.91 Å². The van der Waals surface area contributed by atoms with Crippen LogP contribution in [0.4, 0.5) is 0 Å². The number of hydrogen-bond donors (Lipinski definition) is 2. The summed E-state index contributed by atoms with van der Waals surface area (Å²) in [5, 5.41) is 12.4. The van der Waals surface area contributed by atoms with Crippen LogP contribution >= 0.6 is 0 Å². The molecular formula is C9H17NO4. The largest absolute Gasteiger partial charge is 0.388 e. The first-order valence-electron chi connectivity index (χ1n) is 4.68. The summed E-state index contributed by atoms with van der Waals surface area (Å²) in [6.45, 7) is 3.18. The van der Waals surface area contributed by atoms with Crippen LogP contribution < -0.4 is 5.32 Å². The van der Waals surface area contributed by atoms with Gasteiger partial charge in [-0.2, -0.15) is 0 Å². The van der Waals surface area contributed by atoms with Gasteiger partial charge in [0.15, 0.2) is 6.29 Å². The zero-order valence-corrected chi connectivity index (χ0v) is 8.69. The summed E-state index contributed by atoms with van der Waals surface area (Å²) in [5.41, 5.74) is 0. The number of methoxy groups -OCH3 is 1. The molecule has 1 fully saturated rings. The van der Waals surface area contributed by atoms with Crippen LogP contribution in [-0.2, 0) is 14.3 Å². The van der Waals surface area contributed by atoms with Crippen LogP contribution in [0.5, 0.6) is 0 Å². The van der Waals surface area contributed by atoms with E-state index < -0.39 is 6.10 Å². The van der Waals surface area contributed by atoms with Gasteiger partial charge in [-0.1, -0.05) is 0 Å². The third-order valence-corrected chi connectivity index (χ3v) is 2.36. The van der Waals surface area contributed by atoms with Gasteiger partial charge in [-0.3, -0.25) is 4.79 Å². The molecule has 0 aromatic rings. The second-order valence-electron chi connectivity index (χ2n) is 3.54. The van der Waals surface area contributed by atoms with E-state index in [0.29, 0.717) is 6.42 Å². The van der Waals surface area contributed by atoms with Crippen molar-refractivity contribution in [2.45, 2.75) is 44.8 Å². The molecular weight excluding hydrogens is 186 g/mol. The number of carbonyl (C=O) groups is 1. The summed E-state index contributed by atoms with van der Waals surface area (Å²) >= 11 is 0. The Labute approximate surface area is 83.4 Å². The molecule has 2 N–H and O–H groups in total. The molecule has 1 aliphatic rings. The maximum Gasteiger partial charge on any atom is 0.217 e. The molecule has 0 saturated carbocycles. The highest BCUT2D eigenvalue weighted by atomic mass is 16.7. The minimum Gasteiger partial charge on any atom is -0.388 e. The van der Waals surface area contributed by atoms with Gasteiger partial charge in [-0.25, -0.2) is 0 Å². The monoisotopic (exact) mass is 203 g/mol. The third kappa shape index (κ3) is 2.67. The highest BCUT2D eigenvalue weighted by Gasteiger charge is 2.35. The average Bonchev–Trinajstić information content (AvgIpc) is 2.11. The lowest BCUT2D eigenvalue weighted by molar-refractivity contribution is -0.214. The molecule has 82 valence electrons. The first-order valence-corrected chi connectivity index (χ1v) is 4.68. The fraction of sp³-hybridized carbons (Fsp3) is 0.889. The molecule has 1 aliphatic heterocycles. The Hall–Kier alpha value is -0.650. The van der Waals surface area contributed by atoms with Crippen LogP contribution in [0.15, 0.2) is 0 Å². The fourth-order valence-corrected chi connectivity index (χ4v) is 1.61. The number of aliphatic hydroxyl groups is 1. The molecule has 0 aromatic heterocycles. The summed E-state index contributed by atoms with van der Waals surface area (Å²) < 4.78 is 10.4. The van der Waals surface area contributed by atoms with Crippen molar-refractivity contribution in [2.75, 3.05) is 7.11 Å². The topological polar surface area (TPSA) is 67.8 Å². The Morgan fingerprint density at radius 1 is 1.64 bits per heavy atom. The molecule has 0 radical (unpaired) electrons. The van der Waals surface area contributed by atoms with E-state index in [9.17, 15) is 9.90 Å². The molecule has 1 rings (SSSR count). The average molecular weight is 203 g/mol. The first kappa shape index (κ1) is 11.4. The molecule has 14 heavy (non-hydrogen) atoms. The van der Waals surface area contributed by atoms with Gasteiger partial charge in [0, 0.05) is 20.5 Å². The van der Waals surface area contributed by atoms with E-state index in [-0.39, 0.29) is 24.3 Å². The minimum atomic E-state index is -0.676. The second-order valence-corrected chi connectivity index (χ2v) is 3.54. The predicted octanol–water partition coefficient (Wildman–Crippen LogP) is -0.367. The summed E-state index contributed by atoms with van der Waals surface area (Å²) in [6.07, 6.45) is -0.886. The summed E-state index contributed by atoms with van der Waals surface area (Å²) in [4.78, 5) is 10.9. The van der Waals surface area contributed by atoms with Gasteiger partial charge >= 0.3 is 0 Å². The van der Waals surface area contributed by atoms with Crippen LogP contribution in [0.2, 0.25) is 0 Å². The molecule has 1 saturated heterocycles. The number of amides is 1. The molecule has 0 bridgehead atoms. The van der Waals surface area contributed by atoms with Crippen molar-refractivity contribution in [1.29, 1.82) is 0 Å². The highest BCUT2D eigenvalue weighted by molar-refractivity contribution is 5.73. The van der Waals surface area contributed by atoms with Gasteiger partial charge in [0.1, 0.15) is 6.10 Å². The van der Waals surface area contributed by atoms with Crippen molar-refractivity contribution in [3.8, 4) is 0 Å². The molecule has 1 amide bonds. The minimum absolute atomic E-state index is 0.155. The molecule has 5 nitrogen and oxygen atoms in total. The van der Waals surface area contributed by atoms with Crippen molar-refractivity contribution in [2.24, 2.45) is 0 Å². The molecule has 0 spiro atoms. The Bertz CT molecular complexity index is 209. The molecule has 0 aliphatic carbocycles. The standard InChI is InChI=1S/C9H17NO4/c1-5-9(12)7(10-6(2)11)4-8(13-3)14-5/h5,7-9,12H,4H2,1-3H3,(H,10,11)/t5-,7-,8-,9+/m0/s1. The second kappa shape index (κ2) is 4.72. The molecule has 5 heteroatoms. The van der Waals surface area contributed by atoms with E-state index >= 15 is 0 Å². The number of ether oxygens (including phenoxy) is 2. The maximum atomic E-state index is 10.9. The lowest BCUT2D eigenvalue weighted by Gasteiger charge is -2.37. The van der Waals surface area contributed by atoms with Crippen LogP contribution in [-0.4, -0.2) is 42.7 Å². The van der Waals surface area contributed by atoms with Crippen LogP contribution in [0.25, 0.3) is 0 Å². The highest BCUT2D eigenvalue weighted by Crippen LogP contribution is 2.20. The van der Waals surface area contributed by atoms with Crippen molar-refractivity contribution in [3.63, 3.8) is 0 Å². The van der Waals surface area contributed by atoms with Gasteiger partial charge in [-0.15, -0.1) is 0 Å². The normalized spacial score (nSPS) is 38.0. The van der Waals surface area contributed by atoms with E-state index in [1.807, 2.05) is 0 Å². The lowest BCUT2D eigenvalue weighted by Crippen LogP contribution is -2.54. The molecule has 0 aromatic carbocycles. The number of carbonyl (C=O) groups excluding carboxylic acids is 1. The van der Waals surface area contributed by atoms with Crippen molar-refractivity contribution in [3.05, 3.63) is 0 Å². The Kier molecular flexibility index (Phi) is 3.86. The van der Waals surface area contributed by atoms with Gasteiger partial charge in [0.05, 0.1) is 12.1 Å². The van der Waals surface area contributed by atoms with E-state index in [1.54, 1.807) is 14.0 Å². The smallest absolute Gasteiger partial charge is 0.217 e. The number of aliphatic hydroxyl groups excluding tert-OH is 1. The van der Waals surface area contributed by atoms with Crippen molar-refractivity contribution in [1.82, 2.24) is 5.32 Å². The zero-order chi connectivity index (χ0) is 10.7. The Morgan fingerprint density at radius 3 is 2.79 bits per heavy atom. The SMILES string of the molecule is CO[C@@H]1C[C@H](NC(C)=O)[C@H](O)[C@H](C)O1. The Morgan fingerprint density at radius 2 is 2.29 bits per heavy atom. The summed E-state index contributed by atoms with van der Waals surface area (Å²) in [5.74, 6) is -0.155. The summed E-state index contributed by atoms with van der Waals surface area (Å²) in [7, 11) is 1.54. The van der Waals surface area contributed by atoms with Crippen LogP contribution in [0.1, 0.15) is 20.3 Å². The van der Waals surface area contributed by atoms with E-state index in [1.165, 1.54) is 6.92 Å². The maximum absolute atomic E-state index is 10.9. The van der Waals surface area contributed by atoms with Gasteiger partial charge in [-0.05, 0) is 6.92 Å². The third-order valence-electron chi connectivity index (χ3n) is 2.36. The van der Waals surface area contributed by atoms with E-state index in [0.717, 1.165) is 0 Å². The van der Waals surface area contributed by atoms with Gasteiger partial charge in [0.25, 0.3) is 0 Å². The molecule has 0 unspecified atom stereocenters. The van der Waals surface area contributed by atoms with E-state index in [2.05, 4.69) is 5.32 Å². The van der Waals surface area contributed by atoms with Gasteiger partial charge in [0.2, 0.25) is 5.91 Å². The zero-order valence-electron chi connectivity index (χ0n) is 8.69. The number of hydrogen-bond acceptors (Lipinski definition) is 4. The van der Waals surface area contributed by atoms with Crippen molar-refractivity contribution < 1.29 is 19.4 Å². The first-order chi connectivity index (χ1) is 6.54. The van der Waals surface area contributed by atoms with Crippen LogP contribution in [0.3, 0.4) is 0 Å². The van der Waals surface area contributed by atoms with Gasteiger partial charge < -0.3 is 19.9 Å². The fourth-order valence-electron chi connectivity index (χ4n) is 1.61. The lowest BCUT2D eigenvalue weighted by atomic mass is 9.99. The number of nitrogens with one attached hydrogen (secondary N) is 1. The van der Waals surface area contributed by atoms with E-state index in [4.69, 9.17) is 9.47 Å². The predicted molar refractivity (Wildman–Crippen MR) is 49.6 cm³/mol. The summed E-state index contributed by atoms with van der Waals surface area (Å²) in [6, 6.07) is -0.291. The van der Waals surface area contributed by atoms with Crippen LogP contribution in [0, 0.1) is 0 Å². The molecule has 4 atom stereocenters. The quantitative estimate of drug-likeness (QED) is 0.642. The Balaban J connectivity index is 2.57.